The Labute approximate surface area is 155 Å². The molecule has 0 unspecified atom stereocenters. The number of aromatic nitrogens is 1. The van der Waals surface area contributed by atoms with Crippen molar-refractivity contribution in [3.8, 4) is 0 Å². The molecule has 0 spiro atoms. The van der Waals surface area contributed by atoms with E-state index in [1.165, 1.54) is 36.4 Å². The fourth-order valence-electron chi connectivity index (χ4n) is 2.97. The molecule has 1 aromatic heterocycles. The molecule has 27 heavy (non-hydrogen) atoms. The number of carbonyl (C=O) groups is 2. The van der Waals surface area contributed by atoms with Crippen molar-refractivity contribution >= 4 is 28.9 Å². The number of halogens is 1. The minimum Gasteiger partial charge on any atom is -0.480 e. The Balaban J connectivity index is 1.72. The summed E-state index contributed by atoms with van der Waals surface area (Å²) in [5, 5.41) is 13.0. The Kier molecular flexibility index (Phi) is 5.35. The van der Waals surface area contributed by atoms with Gasteiger partial charge in [0, 0.05) is 36.6 Å². The maximum atomic E-state index is 12.9. The quantitative estimate of drug-likeness (QED) is 0.659. The predicted octanol–water partition coefficient (Wildman–Crippen LogP) is 3.14. The van der Waals surface area contributed by atoms with Crippen LogP contribution in [0, 0.1) is 5.82 Å². The van der Waals surface area contributed by atoms with Gasteiger partial charge in [-0.2, -0.15) is 0 Å². The average Bonchev–Trinajstić information content (AvgIpc) is 2.97. The lowest BCUT2D eigenvalue weighted by Crippen LogP contribution is -2.41. The molecule has 0 radical (unpaired) electrons. The van der Waals surface area contributed by atoms with Gasteiger partial charge < -0.3 is 15.0 Å². The van der Waals surface area contributed by atoms with Gasteiger partial charge in [0.15, 0.2) is 0 Å². The zero-order valence-corrected chi connectivity index (χ0v) is 14.7. The van der Waals surface area contributed by atoms with Gasteiger partial charge in [-0.25, -0.2) is 9.18 Å². The van der Waals surface area contributed by atoms with E-state index in [-0.39, 0.29) is 12.2 Å². The molecule has 2 N–H and O–H groups in total. The van der Waals surface area contributed by atoms with Crippen LogP contribution in [0.25, 0.3) is 17.0 Å². The molecular weight excluding hydrogens is 347 g/mol. The molecule has 3 aromatic rings. The number of fused-ring (bicyclic) bond motifs is 1. The molecule has 3 rings (SSSR count). The number of carbonyl (C=O) groups excluding carboxylic acids is 1. The van der Waals surface area contributed by atoms with E-state index in [1.54, 1.807) is 0 Å². The number of carboxylic acid groups (broad SMARTS) is 1. The van der Waals surface area contributed by atoms with Crippen molar-refractivity contribution in [1.82, 2.24) is 9.88 Å². The maximum absolute atomic E-state index is 12.9. The van der Waals surface area contributed by atoms with Crippen LogP contribution in [-0.2, 0) is 23.1 Å². The Hall–Kier alpha value is -3.41. The van der Waals surface area contributed by atoms with Crippen LogP contribution in [0.15, 0.2) is 60.8 Å². The fourth-order valence-corrected chi connectivity index (χ4v) is 2.97. The number of nitrogens with zero attached hydrogens (tertiary/aromatic N) is 1. The van der Waals surface area contributed by atoms with Crippen molar-refractivity contribution in [2.24, 2.45) is 7.05 Å². The molecule has 2 aromatic carbocycles. The molecule has 0 saturated heterocycles. The number of amides is 1. The summed E-state index contributed by atoms with van der Waals surface area (Å²) < 4.78 is 14.8. The highest BCUT2D eigenvalue weighted by Crippen LogP contribution is 2.21. The molecule has 0 aliphatic carbocycles. The van der Waals surface area contributed by atoms with E-state index < -0.39 is 17.9 Å². The van der Waals surface area contributed by atoms with E-state index in [1.807, 2.05) is 42.1 Å². The van der Waals surface area contributed by atoms with Crippen LogP contribution in [0.2, 0.25) is 0 Å². The van der Waals surface area contributed by atoms with Crippen LogP contribution >= 0.6 is 0 Å². The molecule has 138 valence electrons. The molecule has 0 aliphatic rings. The van der Waals surface area contributed by atoms with E-state index in [4.69, 9.17) is 0 Å². The summed E-state index contributed by atoms with van der Waals surface area (Å²) in [5.74, 6) is -1.99. The standard InChI is InChI=1S/C21H19FN2O3/c1-24-13-15(17-4-2-3-5-19(17)24)12-18(21(26)27)23-20(25)11-8-14-6-9-16(22)10-7-14/h2-11,13,18H,12H2,1H3,(H,23,25)(H,26,27)/t18-/m0/s1. The molecule has 0 fully saturated rings. The minimum absolute atomic E-state index is 0.173. The topological polar surface area (TPSA) is 71.3 Å². The number of hydrogen-bond donors (Lipinski definition) is 2. The number of carboxylic acids is 1. The lowest BCUT2D eigenvalue weighted by molar-refractivity contribution is -0.141. The van der Waals surface area contributed by atoms with Crippen molar-refractivity contribution < 1.29 is 19.1 Å². The summed E-state index contributed by atoms with van der Waals surface area (Å²) in [6.45, 7) is 0. The highest BCUT2D eigenvalue weighted by molar-refractivity contribution is 5.94. The number of benzene rings is 2. The van der Waals surface area contributed by atoms with Gasteiger partial charge in [0.05, 0.1) is 0 Å². The van der Waals surface area contributed by atoms with Crippen molar-refractivity contribution in [3.05, 3.63) is 77.7 Å². The van der Waals surface area contributed by atoms with Crippen LogP contribution in [0.5, 0.6) is 0 Å². The largest absolute Gasteiger partial charge is 0.480 e. The number of nitrogens with one attached hydrogen (secondary N) is 1. The zero-order valence-electron chi connectivity index (χ0n) is 14.7. The first-order valence-electron chi connectivity index (χ1n) is 8.44. The van der Waals surface area contributed by atoms with Crippen LogP contribution in [0.4, 0.5) is 4.39 Å². The SMILES string of the molecule is Cn1cc(C[C@H](NC(=O)C=Cc2ccc(F)cc2)C(=O)O)c2ccccc21. The molecule has 6 heteroatoms. The maximum Gasteiger partial charge on any atom is 0.326 e. The van der Waals surface area contributed by atoms with Crippen LogP contribution in [-0.4, -0.2) is 27.6 Å². The Morgan fingerprint density at radius 1 is 1.19 bits per heavy atom. The van der Waals surface area contributed by atoms with Gasteiger partial charge in [0.25, 0.3) is 0 Å². The molecule has 5 nitrogen and oxygen atoms in total. The third kappa shape index (κ3) is 4.41. The number of aryl methyl sites for hydroxylation is 1. The van der Waals surface area contributed by atoms with Gasteiger partial charge >= 0.3 is 5.97 Å². The molecular formula is C21H19FN2O3. The lowest BCUT2D eigenvalue weighted by Gasteiger charge is -2.13. The molecule has 1 amide bonds. The van der Waals surface area contributed by atoms with Gasteiger partial charge in [0.2, 0.25) is 5.91 Å². The summed E-state index contributed by atoms with van der Waals surface area (Å²) in [6.07, 6.45) is 4.80. The Morgan fingerprint density at radius 2 is 1.89 bits per heavy atom. The predicted molar refractivity (Wildman–Crippen MR) is 102 cm³/mol. The first-order valence-corrected chi connectivity index (χ1v) is 8.44. The second-order valence-electron chi connectivity index (χ2n) is 6.27. The van der Waals surface area contributed by atoms with E-state index >= 15 is 0 Å². The average molecular weight is 366 g/mol. The van der Waals surface area contributed by atoms with Gasteiger partial charge in [0.1, 0.15) is 11.9 Å². The highest BCUT2D eigenvalue weighted by atomic mass is 19.1. The monoisotopic (exact) mass is 366 g/mol. The second-order valence-corrected chi connectivity index (χ2v) is 6.27. The number of para-hydroxylation sites is 1. The van der Waals surface area contributed by atoms with Gasteiger partial charge in [-0.3, -0.25) is 4.79 Å². The zero-order chi connectivity index (χ0) is 19.4. The lowest BCUT2D eigenvalue weighted by atomic mass is 10.0. The van der Waals surface area contributed by atoms with Gasteiger partial charge in [-0.05, 0) is 35.4 Å². The highest BCUT2D eigenvalue weighted by Gasteiger charge is 2.21. The summed E-state index contributed by atoms with van der Waals surface area (Å²) in [6, 6.07) is 12.3. The normalized spacial score (nSPS) is 12.4. The molecule has 1 atom stereocenters. The van der Waals surface area contributed by atoms with Crippen molar-refractivity contribution in [2.45, 2.75) is 12.5 Å². The first-order chi connectivity index (χ1) is 12.9. The molecule has 0 bridgehead atoms. The first kappa shape index (κ1) is 18.4. The summed E-state index contributed by atoms with van der Waals surface area (Å²) in [4.78, 5) is 23.7. The van der Waals surface area contributed by atoms with Crippen LogP contribution < -0.4 is 5.32 Å². The number of aliphatic carboxylic acids is 1. The summed E-state index contributed by atoms with van der Waals surface area (Å²) in [5.41, 5.74) is 2.50. The van der Waals surface area contributed by atoms with Crippen molar-refractivity contribution in [2.75, 3.05) is 0 Å². The van der Waals surface area contributed by atoms with E-state index in [9.17, 15) is 19.1 Å². The molecule has 0 aliphatic heterocycles. The van der Waals surface area contributed by atoms with E-state index in [0.29, 0.717) is 5.56 Å². The smallest absolute Gasteiger partial charge is 0.326 e. The molecule has 0 saturated carbocycles. The number of rotatable bonds is 6. The summed E-state index contributed by atoms with van der Waals surface area (Å²) in [7, 11) is 1.89. The minimum atomic E-state index is -1.11. The van der Waals surface area contributed by atoms with Crippen molar-refractivity contribution in [1.29, 1.82) is 0 Å². The number of hydrogen-bond acceptors (Lipinski definition) is 2. The van der Waals surface area contributed by atoms with Crippen LogP contribution in [0.1, 0.15) is 11.1 Å². The third-order valence-corrected chi connectivity index (χ3v) is 4.32. The van der Waals surface area contributed by atoms with E-state index in [2.05, 4.69) is 5.32 Å². The Morgan fingerprint density at radius 3 is 2.59 bits per heavy atom. The van der Waals surface area contributed by atoms with Crippen LogP contribution in [0.3, 0.4) is 0 Å². The van der Waals surface area contributed by atoms with Gasteiger partial charge in [-0.1, -0.05) is 30.3 Å². The second kappa shape index (κ2) is 7.86. The van der Waals surface area contributed by atoms with Gasteiger partial charge in [-0.15, -0.1) is 0 Å². The summed E-state index contributed by atoms with van der Waals surface area (Å²) >= 11 is 0. The molecule has 1 heterocycles. The van der Waals surface area contributed by atoms with E-state index in [0.717, 1.165) is 16.5 Å². The third-order valence-electron chi connectivity index (χ3n) is 4.32. The van der Waals surface area contributed by atoms with Crippen molar-refractivity contribution in [3.63, 3.8) is 0 Å². The fraction of sp³-hybridized carbons (Fsp3) is 0.143. The Bertz CT molecular complexity index is 1010.